The minimum atomic E-state index is -0.761. The molecule has 0 radical (unpaired) electrons. The van der Waals surface area contributed by atoms with Gasteiger partial charge in [-0.15, -0.1) is 0 Å². The van der Waals surface area contributed by atoms with E-state index >= 15 is 0 Å². The lowest BCUT2D eigenvalue weighted by atomic mass is 9.90. The van der Waals surface area contributed by atoms with Gasteiger partial charge in [-0.25, -0.2) is 0 Å². The van der Waals surface area contributed by atoms with Gasteiger partial charge in [0.2, 0.25) is 0 Å². The predicted octanol–water partition coefficient (Wildman–Crippen LogP) is 3.61. The lowest BCUT2D eigenvalue weighted by Gasteiger charge is -2.38. The molecular weight excluding hydrogens is 386 g/mol. The van der Waals surface area contributed by atoms with Gasteiger partial charge in [-0.1, -0.05) is 12.1 Å². The molecular formula is C23H29NO6. The monoisotopic (exact) mass is 415 g/mol. The summed E-state index contributed by atoms with van der Waals surface area (Å²) < 4.78 is 22.1. The maximum Gasteiger partial charge on any atom is 0.307 e. The number of piperidine rings is 1. The molecule has 0 aliphatic carbocycles. The van der Waals surface area contributed by atoms with Crippen molar-refractivity contribution in [1.29, 1.82) is 0 Å². The molecule has 0 aromatic heterocycles. The molecule has 1 N–H and O–H groups in total. The zero-order valence-corrected chi connectivity index (χ0v) is 17.9. The summed E-state index contributed by atoms with van der Waals surface area (Å²) in [6, 6.07) is 11.3. The maximum atomic E-state index is 11.7. The zero-order valence-electron chi connectivity index (χ0n) is 17.9. The molecule has 0 spiro atoms. The number of aliphatic carboxylic acids is 1. The van der Waals surface area contributed by atoms with Gasteiger partial charge in [0.1, 0.15) is 11.5 Å². The fourth-order valence-corrected chi connectivity index (χ4v) is 4.11. The van der Waals surface area contributed by atoms with Crippen molar-refractivity contribution in [2.75, 3.05) is 41.5 Å². The Balaban J connectivity index is 2.15. The van der Waals surface area contributed by atoms with Gasteiger partial charge in [0.25, 0.3) is 0 Å². The van der Waals surface area contributed by atoms with E-state index in [0.29, 0.717) is 30.2 Å². The Kier molecular flexibility index (Phi) is 7.05. The molecule has 0 bridgehead atoms. The number of methoxy groups -OCH3 is 4. The van der Waals surface area contributed by atoms with Crippen LogP contribution < -0.4 is 18.9 Å². The summed E-state index contributed by atoms with van der Waals surface area (Å²) in [6.07, 6.45) is 1.49. The van der Waals surface area contributed by atoms with Crippen molar-refractivity contribution in [3.63, 3.8) is 0 Å². The molecule has 0 saturated carbocycles. The van der Waals surface area contributed by atoms with Crippen molar-refractivity contribution in [2.24, 2.45) is 5.92 Å². The van der Waals surface area contributed by atoms with E-state index in [9.17, 15) is 9.90 Å². The van der Waals surface area contributed by atoms with Gasteiger partial charge in [0.15, 0.2) is 11.5 Å². The number of rotatable bonds is 8. The Hall–Kier alpha value is -2.93. The van der Waals surface area contributed by atoms with Crippen LogP contribution in [0.2, 0.25) is 0 Å². The number of ether oxygens (including phenoxy) is 4. The maximum absolute atomic E-state index is 11.7. The first kappa shape index (κ1) is 21.8. The van der Waals surface area contributed by atoms with E-state index in [-0.39, 0.29) is 6.04 Å². The molecule has 0 amide bonds. The molecule has 1 heterocycles. The summed E-state index contributed by atoms with van der Waals surface area (Å²) in [5, 5.41) is 9.60. The Morgan fingerprint density at radius 3 is 2.33 bits per heavy atom. The van der Waals surface area contributed by atoms with E-state index in [1.54, 1.807) is 34.5 Å². The van der Waals surface area contributed by atoms with E-state index in [1.165, 1.54) is 0 Å². The predicted molar refractivity (Wildman–Crippen MR) is 113 cm³/mol. The van der Waals surface area contributed by atoms with Crippen LogP contribution in [0, 0.1) is 5.92 Å². The number of carboxylic acid groups (broad SMARTS) is 1. The number of carboxylic acids is 1. The molecule has 162 valence electrons. The van der Waals surface area contributed by atoms with Gasteiger partial charge in [-0.3, -0.25) is 9.69 Å². The second kappa shape index (κ2) is 9.71. The Morgan fingerprint density at radius 1 is 1.00 bits per heavy atom. The van der Waals surface area contributed by atoms with Crippen LogP contribution in [0.25, 0.3) is 0 Å². The van der Waals surface area contributed by atoms with Crippen LogP contribution in [0.5, 0.6) is 23.0 Å². The van der Waals surface area contributed by atoms with Crippen LogP contribution in [-0.2, 0) is 4.79 Å². The largest absolute Gasteiger partial charge is 0.497 e. The van der Waals surface area contributed by atoms with E-state index in [1.807, 2.05) is 30.3 Å². The van der Waals surface area contributed by atoms with Crippen LogP contribution in [-0.4, -0.2) is 57.5 Å². The SMILES string of the molecule is COc1cccc(C(c2cc(OC)c(OC)cc2OC)N2CCCC(C(=O)O)C2)c1. The van der Waals surface area contributed by atoms with Gasteiger partial charge in [-0.05, 0) is 43.1 Å². The first-order valence-electron chi connectivity index (χ1n) is 9.93. The number of nitrogens with zero attached hydrogens (tertiary/aromatic N) is 1. The van der Waals surface area contributed by atoms with Crippen LogP contribution in [0.4, 0.5) is 0 Å². The van der Waals surface area contributed by atoms with Gasteiger partial charge in [-0.2, -0.15) is 0 Å². The smallest absolute Gasteiger partial charge is 0.307 e. The fourth-order valence-electron chi connectivity index (χ4n) is 4.11. The summed E-state index contributed by atoms with van der Waals surface area (Å²) >= 11 is 0. The van der Waals surface area contributed by atoms with Crippen LogP contribution in [0.1, 0.15) is 30.0 Å². The fraction of sp³-hybridized carbons (Fsp3) is 0.435. The molecule has 1 saturated heterocycles. The molecule has 2 unspecified atom stereocenters. The van der Waals surface area contributed by atoms with Crippen molar-refractivity contribution < 1.29 is 28.8 Å². The second-order valence-corrected chi connectivity index (χ2v) is 7.30. The van der Waals surface area contributed by atoms with Gasteiger partial charge in [0.05, 0.1) is 40.4 Å². The Bertz CT molecular complexity index is 884. The van der Waals surface area contributed by atoms with Gasteiger partial charge in [0, 0.05) is 18.2 Å². The number of carbonyl (C=O) groups is 1. The third-order valence-corrected chi connectivity index (χ3v) is 5.61. The Morgan fingerprint density at radius 2 is 1.70 bits per heavy atom. The molecule has 7 nitrogen and oxygen atoms in total. The molecule has 1 aliphatic heterocycles. The van der Waals surface area contributed by atoms with Crippen LogP contribution in [0.3, 0.4) is 0 Å². The van der Waals surface area contributed by atoms with Gasteiger partial charge >= 0.3 is 5.97 Å². The van der Waals surface area contributed by atoms with Crippen molar-refractivity contribution in [3.05, 3.63) is 47.5 Å². The van der Waals surface area contributed by atoms with Crippen molar-refractivity contribution >= 4 is 5.97 Å². The highest BCUT2D eigenvalue weighted by atomic mass is 16.5. The molecule has 7 heteroatoms. The number of likely N-dealkylation sites (tertiary alicyclic amines) is 1. The average Bonchev–Trinajstić information content (AvgIpc) is 2.79. The van der Waals surface area contributed by atoms with E-state index in [2.05, 4.69) is 4.90 Å². The molecule has 1 fully saturated rings. The standard InChI is InChI=1S/C23H29NO6/c1-27-17-9-5-7-15(11-17)22(24-10-6-8-16(14-24)23(25)26)18-12-20(29-3)21(30-4)13-19(18)28-2/h5,7,9,11-13,16,22H,6,8,10,14H2,1-4H3,(H,25,26). The lowest BCUT2D eigenvalue weighted by Crippen LogP contribution is -2.41. The van der Waals surface area contributed by atoms with Crippen molar-refractivity contribution in [1.82, 2.24) is 4.90 Å². The third kappa shape index (κ3) is 4.46. The molecule has 30 heavy (non-hydrogen) atoms. The average molecular weight is 415 g/mol. The molecule has 2 aromatic carbocycles. The van der Waals surface area contributed by atoms with Gasteiger partial charge < -0.3 is 24.1 Å². The third-order valence-electron chi connectivity index (χ3n) is 5.61. The Labute approximate surface area is 177 Å². The summed E-state index contributed by atoms with van der Waals surface area (Å²) in [4.78, 5) is 13.9. The quantitative estimate of drug-likeness (QED) is 0.706. The first-order valence-corrected chi connectivity index (χ1v) is 9.93. The molecule has 2 aromatic rings. The van der Waals surface area contributed by atoms with Crippen LogP contribution in [0.15, 0.2) is 36.4 Å². The molecule has 1 aliphatic rings. The zero-order chi connectivity index (χ0) is 21.7. The highest BCUT2D eigenvalue weighted by Crippen LogP contribution is 2.43. The van der Waals surface area contributed by atoms with Crippen molar-refractivity contribution in [3.8, 4) is 23.0 Å². The minimum Gasteiger partial charge on any atom is -0.497 e. The summed E-state index contributed by atoms with van der Waals surface area (Å²) in [5.41, 5.74) is 1.88. The highest BCUT2D eigenvalue weighted by molar-refractivity contribution is 5.70. The van der Waals surface area contributed by atoms with E-state index in [0.717, 1.165) is 29.8 Å². The summed E-state index contributed by atoms with van der Waals surface area (Å²) in [7, 11) is 6.42. The topological polar surface area (TPSA) is 77.5 Å². The number of benzene rings is 2. The lowest BCUT2D eigenvalue weighted by molar-refractivity contribution is -0.143. The van der Waals surface area contributed by atoms with Crippen LogP contribution >= 0.6 is 0 Å². The summed E-state index contributed by atoms with van der Waals surface area (Å²) in [5.74, 6) is 1.39. The summed E-state index contributed by atoms with van der Waals surface area (Å²) in [6.45, 7) is 1.23. The molecule has 3 rings (SSSR count). The highest BCUT2D eigenvalue weighted by Gasteiger charge is 2.33. The number of hydrogen-bond donors (Lipinski definition) is 1. The minimum absolute atomic E-state index is 0.225. The second-order valence-electron chi connectivity index (χ2n) is 7.30. The number of hydrogen-bond acceptors (Lipinski definition) is 6. The molecule has 2 atom stereocenters. The normalized spacial score (nSPS) is 17.8. The van der Waals surface area contributed by atoms with E-state index in [4.69, 9.17) is 18.9 Å². The first-order chi connectivity index (χ1) is 14.5. The van der Waals surface area contributed by atoms with Crippen molar-refractivity contribution in [2.45, 2.75) is 18.9 Å². The van der Waals surface area contributed by atoms with E-state index < -0.39 is 11.9 Å².